The highest BCUT2D eigenvalue weighted by molar-refractivity contribution is 5.87. The summed E-state index contributed by atoms with van der Waals surface area (Å²) in [7, 11) is 0. The highest BCUT2D eigenvalue weighted by atomic mass is 16.3. The van der Waals surface area contributed by atoms with Crippen LogP contribution in [0, 0.1) is 0 Å². The predicted octanol–water partition coefficient (Wildman–Crippen LogP) is 4.67. The third-order valence-corrected chi connectivity index (χ3v) is 3.23. The zero-order valence-electron chi connectivity index (χ0n) is 10.4. The lowest BCUT2D eigenvalue weighted by Crippen LogP contribution is -1.88. The molecule has 1 N–H and O–H groups in total. The number of aryl methyl sites for hydroxylation is 1. The Bertz CT molecular complexity index is 488. The number of phenolic OH excluding ortho intramolecular Hbond substituents is 1. The van der Waals surface area contributed by atoms with E-state index in [1.165, 1.54) is 36.6 Å². The molecule has 2 aromatic rings. The highest BCUT2D eigenvalue weighted by Gasteiger charge is 2.03. The van der Waals surface area contributed by atoms with E-state index in [-0.39, 0.29) is 0 Å². The van der Waals surface area contributed by atoms with Crippen LogP contribution in [0.5, 0.6) is 5.75 Å². The number of hydrogen-bond acceptors (Lipinski definition) is 1. The third kappa shape index (κ3) is 3.00. The van der Waals surface area contributed by atoms with Crippen molar-refractivity contribution in [1.29, 1.82) is 0 Å². The molecule has 2 aromatic carbocycles. The van der Waals surface area contributed by atoms with Crippen LogP contribution in [0.25, 0.3) is 10.8 Å². The Hall–Kier alpha value is -1.50. The Morgan fingerprint density at radius 2 is 1.82 bits per heavy atom. The fourth-order valence-electron chi connectivity index (χ4n) is 2.32. The average molecular weight is 228 g/mol. The van der Waals surface area contributed by atoms with Gasteiger partial charge in [-0.25, -0.2) is 0 Å². The number of phenols is 1. The van der Waals surface area contributed by atoms with Crippen LogP contribution < -0.4 is 0 Å². The summed E-state index contributed by atoms with van der Waals surface area (Å²) in [6, 6.07) is 12.0. The lowest BCUT2D eigenvalue weighted by atomic mass is 9.99. The van der Waals surface area contributed by atoms with Gasteiger partial charge in [0.1, 0.15) is 5.75 Å². The number of fused-ring (bicyclic) bond motifs is 1. The van der Waals surface area contributed by atoms with Crippen LogP contribution in [-0.2, 0) is 6.42 Å². The standard InChI is InChI=1S/C16H20O/c1-2-3-4-5-8-13-11-15(17)12-14-9-6-7-10-16(13)14/h6-7,9-12,17H,2-5,8H2,1H3. The summed E-state index contributed by atoms with van der Waals surface area (Å²) in [6.07, 6.45) is 6.12. The zero-order valence-corrected chi connectivity index (χ0v) is 10.4. The minimum absolute atomic E-state index is 0.384. The second-order valence-electron chi connectivity index (χ2n) is 4.64. The van der Waals surface area contributed by atoms with E-state index in [1.807, 2.05) is 18.2 Å². The Labute approximate surface area is 103 Å². The van der Waals surface area contributed by atoms with Crippen molar-refractivity contribution >= 4 is 10.8 Å². The molecule has 0 aliphatic rings. The summed E-state index contributed by atoms with van der Waals surface area (Å²) in [5.74, 6) is 0.384. The van der Waals surface area contributed by atoms with E-state index in [9.17, 15) is 5.11 Å². The van der Waals surface area contributed by atoms with Gasteiger partial charge in [-0.3, -0.25) is 0 Å². The first kappa shape index (κ1) is 12.0. The summed E-state index contributed by atoms with van der Waals surface area (Å²) in [4.78, 5) is 0. The first-order valence-electron chi connectivity index (χ1n) is 6.52. The molecular formula is C16H20O. The van der Waals surface area contributed by atoms with E-state index < -0.39 is 0 Å². The van der Waals surface area contributed by atoms with Crippen LogP contribution in [0.3, 0.4) is 0 Å². The van der Waals surface area contributed by atoms with Gasteiger partial charge in [0, 0.05) is 0 Å². The first-order chi connectivity index (χ1) is 8.31. The molecule has 17 heavy (non-hydrogen) atoms. The molecule has 0 bridgehead atoms. The molecule has 90 valence electrons. The molecule has 0 heterocycles. The minimum Gasteiger partial charge on any atom is -0.508 e. The van der Waals surface area contributed by atoms with Gasteiger partial charge in [-0.05, 0) is 41.3 Å². The van der Waals surface area contributed by atoms with Crippen molar-refractivity contribution in [1.82, 2.24) is 0 Å². The quantitative estimate of drug-likeness (QED) is 0.737. The van der Waals surface area contributed by atoms with E-state index in [4.69, 9.17) is 0 Å². The molecule has 2 rings (SSSR count). The zero-order chi connectivity index (χ0) is 12.1. The maximum atomic E-state index is 9.71. The molecule has 0 unspecified atom stereocenters. The Morgan fingerprint density at radius 3 is 2.65 bits per heavy atom. The van der Waals surface area contributed by atoms with Crippen molar-refractivity contribution in [2.75, 3.05) is 0 Å². The van der Waals surface area contributed by atoms with Crippen molar-refractivity contribution in [3.05, 3.63) is 42.0 Å². The molecule has 0 aliphatic heterocycles. The number of aromatic hydroxyl groups is 1. The van der Waals surface area contributed by atoms with Gasteiger partial charge in [0.05, 0.1) is 0 Å². The van der Waals surface area contributed by atoms with E-state index >= 15 is 0 Å². The monoisotopic (exact) mass is 228 g/mol. The van der Waals surface area contributed by atoms with Crippen LogP contribution in [-0.4, -0.2) is 5.11 Å². The fourth-order valence-corrected chi connectivity index (χ4v) is 2.32. The van der Waals surface area contributed by atoms with Gasteiger partial charge in [-0.2, -0.15) is 0 Å². The van der Waals surface area contributed by atoms with Gasteiger partial charge in [-0.15, -0.1) is 0 Å². The van der Waals surface area contributed by atoms with E-state index in [0.717, 1.165) is 11.8 Å². The van der Waals surface area contributed by atoms with Crippen LogP contribution in [0.15, 0.2) is 36.4 Å². The molecule has 0 fully saturated rings. The van der Waals surface area contributed by atoms with E-state index in [2.05, 4.69) is 25.1 Å². The molecule has 0 atom stereocenters. The molecule has 1 heteroatoms. The summed E-state index contributed by atoms with van der Waals surface area (Å²) in [5, 5.41) is 12.1. The van der Waals surface area contributed by atoms with Gasteiger partial charge >= 0.3 is 0 Å². The van der Waals surface area contributed by atoms with E-state index in [1.54, 1.807) is 0 Å². The summed E-state index contributed by atoms with van der Waals surface area (Å²) in [6.45, 7) is 2.23. The molecule has 0 aliphatic carbocycles. The maximum Gasteiger partial charge on any atom is 0.116 e. The van der Waals surface area contributed by atoms with Gasteiger partial charge in [0.15, 0.2) is 0 Å². The maximum absolute atomic E-state index is 9.71. The number of rotatable bonds is 5. The predicted molar refractivity (Wildman–Crippen MR) is 73.5 cm³/mol. The molecule has 0 saturated carbocycles. The average Bonchev–Trinajstić information content (AvgIpc) is 2.34. The number of unbranched alkanes of at least 4 members (excludes halogenated alkanes) is 3. The van der Waals surface area contributed by atoms with Crippen LogP contribution in [0.2, 0.25) is 0 Å². The lowest BCUT2D eigenvalue weighted by molar-refractivity contribution is 0.475. The Kier molecular flexibility index (Phi) is 4.03. The molecule has 0 spiro atoms. The van der Waals surface area contributed by atoms with Crippen molar-refractivity contribution in [2.24, 2.45) is 0 Å². The smallest absolute Gasteiger partial charge is 0.116 e. The van der Waals surface area contributed by atoms with Crippen molar-refractivity contribution in [3.63, 3.8) is 0 Å². The summed E-state index contributed by atoms with van der Waals surface area (Å²) in [5.41, 5.74) is 1.27. The molecule has 0 radical (unpaired) electrons. The third-order valence-electron chi connectivity index (χ3n) is 3.23. The Balaban J connectivity index is 2.20. The number of hydrogen-bond donors (Lipinski definition) is 1. The SMILES string of the molecule is CCCCCCc1cc(O)cc2ccccc12. The van der Waals surface area contributed by atoms with Gasteiger partial charge in [-0.1, -0.05) is 50.5 Å². The second kappa shape index (κ2) is 5.72. The van der Waals surface area contributed by atoms with Crippen LogP contribution >= 0.6 is 0 Å². The fraction of sp³-hybridized carbons (Fsp3) is 0.375. The second-order valence-corrected chi connectivity index (χ2v) is 4.64. The van der Waals surface area contributed by atoms with Gasteiger partial charge in [0.25, 0.3) is 0 Å². The van der Waals surface area contributed by atoms with Gasteiger partial charge < -0.3 is 5.11 Å². The van der Waals surface area contributed by atoms with Gasteiger partial charge in [0.2, 0.25) is 0 Å². The summed E-state index contributed by atoms with van der Waals surface area (Å²) >= 11 is 0. The molecule has 1 nitrogen and oxygen atoms in total. The topological polar surface area (TPSA) is 20.2 Å². The van der Waals surface area contributed by atoms with Crippen molar-refractivity contribution < 1.29 is 5.11 Å². The Morgan fingerprint density at radius 1 is 1.00 bits per heavy atom. The number of benzene rings is 2. The van der Waals surface area contributed by atoms with Crippen molar-refractivity contribution in [3.8, 4) is 5.75 Å². The normalized spacial score (nSPS) is 10.9. The largest absolute Gasteiger partial charge is 0.508 e. The van der Waals surface area contributed by atoms with E-state index in [0.29, 0.717) is 5.75 Å². The minimum atomic E-state index is 0.384. The molecule has 0 amide bonds. The highest BCUT2D eigenvalue weighted by Crippen LogP contribution is 2.26. The van der Waals surface area contributed by atoms with Crippen LogP contribution in [0.4, 0.5) is 0 Å². The molecular weight excluding hydrogens is 208 g/mol. The van der Waals surface area contributed by atoms with Crippen molar-refractivity contribution in [2.45, 2.75) is 39.0 Å². The molecule has 0 saturated heterocycles. The van der Waals surface area contributed by atoms with Crippen LogP contribution in [0.1, 0.15) is 38.2 Å². The molecule has 0 aromatic heterocycles. The summed E-state index contributed by atoms with van der Waals surface area (Å²) < 4.78 is 0. The lowest BCUT2D eigenvalue weighted by Gasteiger charge is -2.07. The first-order valence-corrected chi connectivity index (χ1v) is 6.52.